The number of urea groups is 1. The van der Waals surface area contributed by atoms with Crippen molar-refractivity contribution in [2.45, 2.75) is 13.0 Å². The van der Waals surface area contributed by atoms with Crippen LogP contribution in [0.5, 0.6) is 5.75 Å². The first-order chi connectivity index (χ1) is 9.61. The molecule has 1 saturated heterocycles. The van der Waals surface area contributed by atoms with Crippen molar-refractivity contribution < 1.29 is 9.53 Å². The van der Waals surface area contributed by atoms with Crippen LogP contribution < -0.4 is 15.4 Å². The summed E-state index contributed by atoms with van der Waals surface area (Å²) in [6.45, 7) is 4.65. The fraction of sp³-hybridized carbons (Fsp3) is 0.500. The zero-order chi connectivity index (χ0) is 14.5. The second-order valence-corrected chi connectivity index (χ2v) is 5.68. The second kappa shape index (κ2) is 6.95. The van der Waals surface area contributed by atoms with Crippen LogP contribution >= 0.6 is 15.9 Å². The number of amides is 2. The molecule has 0 aliphatic carbocycles. The minimum absolute atomic E-state index is 0.00772. The predicted octanol–water partition coefficient (Wildman–Crippen LogP) is 2.13. The van der Waals surface area contributed by atoms with Gasteiger partial charge in [-0.15, -0.1) is 0 Å². The number of hydrogen-bond acceptors (Lipinski definition) is 3. The summed E-state index contributed by atoms with van der Waals surface area (Å²) in [7, 11) is 1.92. The third kappa shape index (κ3) is 3.64. The van der Waals surface area contributed by atoms with Crippen molar-refractivity contribution in [1.29, 1.82) is 0 Å². The molecular formula is C14H20BrN3O2. The Morgan fingerprint density at radius 3 is 3.00 bits per heavy atom. The van der Waals surface area contributed by atoms with Crippen LogP contribution in [0.2, 0.25) is 0 Å². The lowest BCUT2D eigenvalue weighted by Gasteiger charge is -2.19. The number of ether oxygens (including phenoxy) is 1. The van der Waals surface area contributed by atoms with Crippen LogP contribution in [-0.2, 0) is 0 Å². The Balaban J connectivity index is 1.97. The van der Waals surface area contributed by atoms with E-state index in [1.54, 1.807) is 4.90 Å². The normalized spacial score (nSPS) is 16.1. The summed E-state index contributed by atoms with van der Waals surface area (Å²) in [5, 5.41) is 5.99. The number of benzene rings is 1. The molecule has 1 heterocycles. The van der Waals surface area contributed by atoms with Gasteiger partial charge in [-0.25, -0.2) is 4.79 Å². The van der Waals surface area contributed by atoms with Crippen molar-refractivity contribution in [1.82, 2.24) is 15.5 Å². The van der Waals surface area contributed by atoms with Crippen LogP contribution in [0, 0.1) is 0 Å². The summed E-state index contributed by atoms with van der Waals surface area (Å²) >= 11 is 3.46. The molecule has 2 amide bonds. The molecule has 1 aromatic carbocycles. The highest BCUT2D eigenvalue weighted by molar-refractivity contribution is 9.10. The zero-order valence-corrected chi connectivity index (χ0v) is 13.4. The number of carbonyl (C=O) groups is 1. The van der Waals surface area contributed by atoms with E-state index in [2.05, 4.69) is 33.5 Å². The number of carbonyl (C=O) groups excluding carboxylic acids is 1. The lowest BCUT2D eigenvalue weighted by molar-refractivity contribution is 0.202. The molecule has 1 atom stereocenters. The van der Waals surface area contributed by atoms with Gasteiger partial charge in [-0.3, -0.25) is 0 Å². The zero-order valence-electron chi connectivity index (χ0n) is 11.8. The molecule has 2 rings (SSSR count). The van der Waals surface area contributed by atoms with Crippen molar-refractivity contribution in [3.05, 3.63) is 28.2 Å². The number of hydrogen-bond donors (Lipinski definition) is 2. The maximum absolute atomic E-state index is 11.4. The lowest BCUT2D eigenvalue weighted by Crippen LogP contribution is -2.32. The van der Waals surface area contributed by atoms with Crippen molar-refractivity contribution in [2.75, 3.05) is 33.3 Å². The first-order valence-corrected chi connectivity index (χ1v) is 7.53. The van der Waals surface area contributed by atoms with Crippen LogP contribution in [0.4, 0.5) is 4.79 Å². The minimum Gasteiger partial charge on any atom is -0.491 e. The van der Waals surface area contributed by atoms with Gasteiger partial charge >= 0.3 is 6.03 Å². The third-order valence-corrected chi connectivity index (χ3v) is 3.93. The van der Waals surface area contributed by atoms with Crippen LogP contribution in [0.3, 0.4) is 0 Å². The Morgan fingerprint density at radius 2 is 2.35 bits per heavy atom. The van der Waals surface area contributed by atoms with Crippen LogP contribution in [-0.4, -0.2) is 44.2 Å². The Bertz CT molecular complexity index is 481. The van der Waals surface area contributed by atoms with Crippen LogP contribution in [0.25, 0.3) is 0 Å². The Kier molecular flexibility index (Phi) is 5.25. The topological polar surface area (TPSA) is 53.6 Å². The predicted molar refractivity (Wildman–Crippen MR) is 82.1 cm³/mol. The molecule has 0 bridgehead atoms. The molecule has 20 heavy (non-hydrogen) atoms. The van der Waals surface area contributed by atoms with Gasteiger partial charge in [-0.05, 0) is 26.1 Å². The van der Waals surface area contributed by atoms with Gasteiger partial charge in [-0.1, -0.05) is 22.0 Å². The monoisotopic (exact) mass is 341 g/mol. The van der Waals surface area contributed by atoms with E-state index in [-0.39, 0.29) is 12.1 Å². The number of nitrogens with zero attached hydrogens (tertiary/aromatic N) is 1. The Hall–Kier alpha value is -1.27. The van der Waals surface area contributed by atoms with Gasteiger partial charge in [0.1, 0.15) is 12.4 Å². The highest BCUT2D eigenvalue weighted by atomic mass is 79.9. The van der Waals surface area contributed by atoms with E-state index >= 15 is 0 Å². The first kappa shape index (κ1) is 15.1. The van der Waals surface area contributed by atoms with E-state index < -0.39 is 0 Å². The van der Waals surface area contributed by atoms with Crippen LogP contribution in [0.1, 0.15) is 18.5 Å². The number of rotatable bonds is 6. The highest BCUT2D eigenvalue weighted by Crippen LogP contribution is 2.28. The number of nitrogens with one attached hydrogen (secondary N) is 2. The Labute approximate surface area is 127 Å². The van der Waals surface area contributed by atoms with Gasteiger partial charge in [0.2, 0.25) is 0 Å². The first-order valence-electron chi connectivity index (χ1n) is 6.74. The SMILES string of the molecule is CNC(C)c1ccc(Br)cc1OCCN1CCNC1=O. The molecule has 0 spiro atoms. The average molecular weight is 342 g/mol. The maximum Gasteiger partial charge on any atom is 0.317 e. The molecule has 5 nitrogen and oxygen atoms in total. The standard InChI is InChI=1S/C14H20BrN3O2/c1-10(16-2)12-4-3-11(15)9-13(12)20-8-7-18-6-5-17-14(18)19/h3-4,9-10,16H,5-8H2,1-2H3,(H,17,19). The smallest absolute Gasteiger partial charge is 0.317 e. The van der Waals surface area contributed by atoms with Gasteiger partial charge in [0.15, 0.2) is 0 Å². The lowest BCUT2D eigenvalue weighted by atomic mass is 10.1. The summed E-state index contributed by atoms with van der Waals surface area (Å²) < 4.78 is 6.84. The van der Waals surface area contributed by atoms with Crippen molar-refractivity contribution >= 4 is 22.0 Å². The molecular weight excluding hydrogens is 322 g/mol. The van der Waals surface area contributed by atoms with E-state index in [4.69, 9.17) is 4.74 Å². The summed E-state index contributed by atoms with van der Waals surface area (Å²) in [4.78, 5) is 13.2. The van der Waals surface area contributed by atoms with E-state index in [1.807, 2.05) is 25.2 Å². The van der Waals surface area contributed by atoms with Gasteiger partial charge in [0, 0.05) is 29.2 Å². The quantitative estimate of drug-likeness (QED) is 0.833. The van der Waals surface area contributed by atoms with E-state index in [0.29, 0.717) is 13.2 Å². The second-order valence-electron chi connectivity index (χ2n) is 4.76. The molecule has 1 aromatic rings. The maximum atomic E-state index is 11.4. The fourth-order valence-corrected chi connectivity index (χ4v) is 2.48. The average Bonchev–Trinajstić information content (AvgIpc) is 2.84. The molecule has 1 aliphatic heterocycles. The highest BCUT2D eigenvalue weighted by Gasteiger charge is 2.19. The van der Waals surface area contributed by atoms with Gasteiger partial charge in [0.25, 0.3) is 0 Å². The van der Waals surface area contributed by atoms with Gasteiger partial charge < -0.3 is 20.3 Å². The molecule has 0 radical (unpaired) electrons. The van der Waals surface area contributed by atoms with Crippen molar-refractivity contribution in [2.24, 2.45) is 0 Å². The number of halogens is 1. The summed E-state index contributed by atoms with van der Waals surface area (Å²) in [6.07, 6.45) is 0. The van der Waals surface area contributed by atoms with E-state index in [0.717, 1.165) is 28.9 Å². The summed E-state index contributed by atoms with van der Waals surface area (Å²) in [5.74, 6) is 0.848. The molecule has 2 N–H and O–H groups in total. The summed E-state index contributed by atoms with van der Waals surface area (Å²) in [5.41, 5.74) is 1.11. The Morgan fingerprint density at radius 1 is 1.55 bits per heavy atom. The molecule has 1 unspecified atom stereocenters. The molecule has 0 aromatic heterocycles. The van der Waals surface area contributed by atoms with Crippen LogP contribution in [0.15, 0.2) is 22.7 Å². The van der Waals surface area contributed by atoms with Gasteiger partial charge in [0.05, 0.1) is 6.54 Å². The summed E-state index contributed by atoms with van der Waals surface area (Å²) in [6, 6.07) is 6.22. The molecule has 6 heteroatoms. The van der Waals surface area contributed by atoms with E-state index in [1.165, 1.54) is 0 Å². The molecule has 110 valence electrons. The molecule has 1 fully saturated rings. The van der Waals surface area contributed by atoms with Crippen molar-refractivity contribution in [3.63, 3.8) is 0 Å². The fourth-order valence-electron chi connectivity index (χ4n) is 2.14. The molecule has 1 aliphatic rings. The molecule has 0 saturated carbocycles. The van der Waals surface area contributed by atoms with Gasteiger partial charge in [-0.2, -0.15) is 0 Å². The minimum atomic E-state index is -0.00772. The largest absolute Gasteiger partial charge is 0.491 e. The van der Waals surface area contributed by atoms with E-state index in [9.17, 15) is 4.79 Å². The third-order valence-electron chi connectivity index (χ3n) is 3.44. The van der Waals surface area contributed by atoms with Crippen molar-refractivity contribution in [3.8, 4) is 5.75 Å².